The highest BCUT2D eigenvalue weighted by atomic mass is 32.2. The lowest BCUT2D eigenvalue weighted by atomic mass is 10.0. The minimum absolute atomic E-state index is 0.0449. The van der Waals surface area contributed by atoms with Crippen molar-refractivity contribution in [3.05, 3.63) is 46.8 Å². The number of rotatable bonds is 6. The standard InChI is InChI=1S/C15H18N2O3S2/c1-10(2)11-3-5-12(6-4-11)17-22(19,20)15-8-7-13(21-15)9-14(16)18/h3-8,10,17H,9H2,1-2H3,(H2,16,18). The van der Waals surface area contributed by atoms with E-state index in [0.29, 0.717) is 16.5 Å². The maximum Gasteiger partial charge on any atom is 0.271 e. The van der Waals surface area contributed by atoms with Gasteiger partial charge in [0.25, 0.3) is 10.0 Å². The van der Waals surface area contributed by atoms with Crippen molar-refractivity contribution in [1.29, 1.82) is 0 Å². The van der Waals surface area contributed by atoms with Crippen LogP contribution in [-0.2, 0) is 21.2 Å². The van der Waals surface area contributed by atoms with Crippen molar-refractivity contribution in [3.63, 3.8) is 0 Å². The van der Waals surface area contributed by atoms with Gasteiger partial charge in [0, 0.05) is 10.6 Å². The Balaban J connectivity index is 2.16. The molecule has 3 N–H and O–H groups in total. The second-order valence-electron chi connectivity index (χ2n) is 5.25. The predicted octanol–water partition coefficient (Wildman–Crippen LogP) is 2.70. The van der Waals surface area contributed by atoms with E-state index in [1.807, 2.05) is 12.1 Å². The number of carbonyl (C=O) groups excluding carboxylic acids is 1. The average Bonchev–Trinajstić information content (AvgIpc) is 2.87. The number of benzene rings is 1. The summed E-state index contributed by atoms with van der Waals surface area (Å²) in [5.74, 6) is -0.0951. The smallest absolute Gasteiger partial charge is 0.271 e. The van der Waals surface area contributed by atoms with Crippen LogP contribution in [0.2, 0.25) is 0 Å². The number of primary amides is 1. The second-order valence-corrected chi connectivity index (χ2v) is 8.32. The fourth-order valence-corrected chi connectivity index (χ4v) is 4.34. The van der Waals surface area contributed by atoms with Crippen LogP contribution in [-0.4, -0.2) is 14.3 Å². The fourth-order valence-electron chi connectivity index (χ4n) is 1.91. The van der Waals surface area contributed by atoms with E-state index < -0.39 is 15.9 Å². The van der Waals surface area contributed by atoms with Gasteiger partial charge < -0.3 is 5.73 Å². The summed E-state index contributed by atoms with van der Waals surface area (Å²) in [7, 11) is -3.64. The van der Waals surface area contributed by atoms with Crippen molar-refractivity contribution in [2.24, 2.45) is 5.73 Å². The zero-order valence-corrected chi connectivity index (χ0v) is 14.0. The third-order valence-corrected chi connectivity index (χ3v) is 6.04. The summed E-state index contributed by atoms with van der Waals surface area (Å²) in [6.07, 6.45) is 0.0449. The van der Waals surface area contributed by atoms with Gasteiger partial charge in [0.2, 0.25) is 5.91 Å². The molecule has 0 saturated carbocycles. The molecule has 1 amide bonds. The van der Waals surface area contributed by atoms with Gasteiger partial charge in [-0.1, -0.05) is 26.0 Å². The van der Waals surface area contributed by atoms with Crippen molar-refractivity contribution in [3.8, 4) is 0 Å². The van der Waals surface area contributed by atoms with Gasteiger partial charge in [0.1, 0.15) is 4.21 Å². The van der Waals surface area contributed by atoms with Gasteiger partial charge in [-0.2, -0.15) is 0 Å². The summed E-state index contributed by atoms with van der Waals surface area (Å²) in [6, 6.07) is 10.4. The summed E-state index contributed by atoms with van der Waals surface area (Å²) in [4.78, 5) is 11.5. The first-order valence-corrected chi connectivity index (χ1v) is 9.07. The van der Waals surface area contributed by atoms with Crippen LogP contribution in [0.25, 0.3) is 0 Å². The monoisotopic (exact) mass is 338 g/mol. The predicted molar refractivity (Wildman–Crippen MR) is 88.6 cm³/mol. The van der Waals surface area contributed by atoms with Crippen molar-refractivity contribution < 1.29 is 13.2 Å². The molecule has 0 aliphatic heterocycles. The maximum absolute atomic E-state index is 12.3. The second kappa shape index (κ2) is 6.50. The van der Waals surface area contributed by atoms with Crippen LogP contribution < -0.4 is 10.5 Å². The van der Waals surface area contributed by atoms with Gasteiger partial charge in [-0.25, -0.2) is 8.42 Å². The molecular weight excluding hydrogens is 320 g/mol. The highest BCUT2D eigenvalue weighted by molar-refractivity contribution is 7.94. The minimum Gasteiger partial charge on any atom is -0.369 e. The van der Waals surface area contributed by atoms with Crippen LogP contribution >= 0.6 is 11.3 Å². The van der Waals surface area contributed by atoms with E-state index in [1.54, 1.807) is 18.2 Å². The molecule has 0 atom stereocenters. The van der Waals surface area contributed by atoms with Gasteiger partial charge in [0.05, 0.1) is 6.42 Å². The molecule has 0 unspecified atom stereocenters. The highest BCUT2D eigenvalue weighted by Gasteiger charge is 2.17. The molecule has 0 spiro atoms. The summed E-state index contributed by atoms with van der Waals surface area (Å²) < 4.78 is 27.3. The molecule has 0 aliphatic rings. The Hall–Kier alpha value is -1.86. The van der Waals surface area contributed by atoms with E-state index in [9.17, 15) is 13.2 Å². The van der Waals surface area contributed by atoms with Gasteiger partial charge in [-0.05, 0) is 35.7 Å². The van der Waals surface area contributed by atoms with E-state index >= 15 is 0 Å². The SMILES string of the molecule is CC(C)c1ccc(NS(=O)(=O)c2ccc(CC(N)=O)s2)cc1. The van der Waals surface area contributed by atoms with Crippen molar-refractivity contribution in [2.75, 3.05) is 4.72 Å². The molecule has 22 heavy (non-hydrogen) atoms. The van der Waals surface area contributed by atoms with Crippen LogP contribution in [0.5, 0.6) is 0 Å². The van der Waals surface area contributed by atoms with E-state index in [2.05, 4.69) is 18.6 Å². The van der Waals surface area contributed by atoms with E-state index in [0.717, 1.165) is 16.9 Å². The molecule has 1 aromatic carbocycles. The Labute approximate surface area is 134 Å². The van der Waals surface area contributed by atoms with Gasteiger partial charge in [0.15, 0.2) is 0 Å². The number of amides is 1. The quantitative estimate of drug-likeness (QED) is 0.848. The molecule has 118 valence electrons. The van der Waals surface area contributed by atoms with Gasteiger partial charge >= 0.3 is 0 Å². The zero-order valence-electron chi connectivity index (χ0n) is 12.4. The number of hydrogen-bond acceptors (Lipinski definition) is 4. The van der Waals surface area contributed by atoms with Gasteiger partial charge in [-0.3, -0.25) is 9.52 Å². The summed E-state index contributed by atoms with van der Waals surface area (Å²) >= 11 is 1.04. The first-order chi connectivity index (χ1) is 10.3. The summed E-state index contributed by atoms with van der Waals surface area (Å²) in [6.45, 7) is 4.15. The normalized spacial score (nSPS) is 11.6. The average molecular weight is 338 g/mol. The molecule has 0 radical (unpaired) electrons. The third kappa shape index (κ3) is 4.08. The number of anilines is 1. The van der Waals surface area contributed by atoms with E-state index in [-0.39, 0.29) is 10.6 Å². The summed E-state index contributed by atoms with van der Waals surface area (Å²) in [5.41, 5.74) is 6.76. The number of hydrogen-bond donors (Lipinski definition) is 2. The molecule has 2 rings (SSSR count). The van der Waals surface area contributed by atoms with Crippen molar-refractivity contribution >= 4 is 33.0 Å². The zero-order chi connectivity index (χ0) is 16.3. The summed E-state index contributed by atoms with van der Waals surface area (Å²) in [5, 5.41) is 0. The third-order valence-electron chi connectivity index (χ3n) is 3.08. The molecule has 0 aliphatic carbocycles. The minimum atomic E-state index is -3.64. The number of thiophene rings is 1. The number of carbonyl (C=O) groups is 1. The van der Waals surface area contributed by atoms with Crippen LogP contribution in [0.3, 0.4) is 0 Å². The fraction of sp³-hybridized carbons (Fsp3) is 0.267. The topological polar surface area (TPSA) is 89.3 Å². The van der Waals surface area contributed by atoms with Crippen LogP contribution in [0.15, 0.2) is 40.6 Å². The Kier molecular flexibility index (Phi) is 4.87. The van der Waals surface area contributed by atoms with Crippen molar-refractivity contribution in [1.82, 2.24) is 0 Å². The van der Waals surface area contributed by atoms with Gasteiger partial charge in [-0.15, -0.1) is 11.3 Å². The molecule has 5 nitrogen and oxygen atoms in total. The lowest BCUT2D eigenvalue weighted by molar-refractivity contribution is -0.117. The molecule has 1 heterocycles. The maximum atomic E-state index is 12.3. The first-order valence-electron chi connectivity index (χ1n) is 6.78. The molecule has 1 aromatic heterocycles. The molecule has 2 aromatic rings. The van der Waals surface area contributed by atoms with Crippen molar-refractivity contribution in [2.45, 2.75) is 30.4 Å². The first kappa shape index (κ1) is 16.5. The largest absolute Gasteiger partial charge is 0.369 e. The molecule has 7 heteroatoms. The van der Waals surface area contributed by atoms with Crippen LogP contribution in [0.1, 0.15) is 30.2 Å². The Morgan fingerprint density at radius 1 is 1.18 bits per heavy atom. The number of nitrogens with one attached hydrogen (secondary N) is 1. The van der Waals surface area contributed by atoms with E-state index in [4.69, 9.17) is 5.73 Å². The molecule has 0 fully saturated rings. The van der Waals surface area contributed by atoms with Crippen LogP contribution in [0, 0.1) is 0 Å². The molecule has 0 bridgehead atoms. The molecular formula is C15H18N2O3S2. The Morgan fingerprint density at radius 3 is 2.36 bits per heavy atom. The van der Waals surface area contributed by atoms with E-state index in [1.165, 1.54) is 6.07 Å². The lowest BCUT2D eigenvalue weighted by Gasteiger charge is -2.09. The Bertz CT molecular complexity index is 762. The molecule has 0 saturated heterocycles. The highest BCUT2D eigenvalue weighted by Crippen LogP contribution is 2.25. The number of sulfonamides is 1. The lowest BCUT2D eigenvalue weighted by Crippen LogP contribution is -2.13. The Morgan fingerprint density at radius 2 is 1.82 bits per heavy atom. The number of nitrogens with two attached hydrogens (primary N) is 1. The van der Waals surface area contributed by atoms with Crippen LogP contribution in [0.4, 0.5) is 5.69 Å².